The Morgan fingerprint density at radius 2 is 2.32 bits per heavy atom. The number of nitrogens with two attached hydrogens (primary N) is 1. The molecule has 1 fully saturated rings. The number of halogens is 1. The molecule has 4 rings (SSSR count). The smallest absolute Gasteiger partial charge is 0.152 e. The minimum atomic E-state index is 0.188. The van der Waals surface area contributed by atoms with Gasteiger partial charge in [-0.1, -0.05) is 11.6 Å². The van der Waals surface area contributed by atoms with Crippen molar-refractivity contribution in [2.75, 3.05) is 18.8 Å². The molecule has 0 bridgehead atoms. The Morgan fingerprint density at radius 1 is 1.41 bits per heavy atom. The molecule has 2 aromatic heterocycles. The molecule has 1 aliphatic heterocycles. The first-order chi connectivity index (χ1) is 10.7. The molecule has 1 aromatic carbocycles. The Morgan fingerprint density at radius 3 is 3.14 bits per heavy atom. The molecule has 3 aromatic rings. The van der Waals surface area contributed by atoms with Crippen LogP contribution in [0.4, 0.5) is 11.8 Å². The van der Waals surface area contributed by atoms with E-state index in [-0.39, 0.29) is 5.95 Å². The summed E-state index contributed by atoms with van der Waals surface area (Å²) in [5, 5.41) is 9.43. The third-order valence-electron chi connectivity index (χ3n) is 3.90. The van der Waals surface area contributed by atoms with Crippen LogP contribution in [0.5, 0.6) is 0 Å². The molecule has 22 heavy (non-hydrogen) atoms. The predicted octanol–water partition coefficient (Wildman–Crippen LogP) is 3.37. The number of anilines is 1. The third-order valence-corrected chi connectivity index (χ3v) is 4.13. The van der Waals surface area contributed by atoms with E-state index in [1.165, 1.54) is 6.42 Å². The zero-order valence-corrected chi connectivity index (χ0v) is 12.6. The lowest BCUT2D eigenvalue weighted by Gasteiger charge is -2.19. The number of aromatic nitrogens is 2. The van der Waals surface area contributed by atoms with E-state index in [9.17, 15) is 0 Å². The molecule has 114 valence electrons. The fraction of sp³-hybridized carbons (Fsp3) is 0.333. The van der Waals surface area contributed by atoms with E-state index in [1.807, 2.05) is 12.1 Å². The van der Waals surface area contributed by atoms with Crippen LogP contribution in [-0.4, -0.2) is 29.1 Å². The van der Waals surface area contributed by atoms with Gasteiger partial charge in [0.25, 0.3) is 0 Å². The molecule has 1 aliphatic rings. The van der Waals surface area contributed by atoms with Gasteiger partial charge in [-0.3, -0.25) is 0 Å². The number of hydrogen-bond donors (Lipinski definition) is 2. The molecular formula is C15H15ClN5O-. The number of rotatable bonds is 3. The second-order valence-corrected chi connectivity index (χ2v) is 5.90. The largest absolute Gasteiger partial charge is 0.461 e. The molecule has 1 saturated heterocycles. The minimum Gasteiger partial charge on any atom is -0.461 e. The maximum absolute atomic E-state index is 6.05. The SMILES string of the molecule is Nc1nc([N-]CC2CCCN2)c2oc3ccc(Cl)cc3c2n1. The van der Waals surface area contributed by atoms with Crippen molar-refractivity contribution >= 4 is 45.4 Å². The number of nitrogen functional groups attached to an aromatic ring is 1. The zero-order valence-electron chi connectivity index (χ0n) is 11.8. The van der Waals surface area contributed by atoms with E-state index in [0.29, 0.717) is 40.1 Å². The van der Waals surface area contributed by atoms with Crippen molar-refractivity contribution in [1.82, 2.24) is 15.3 Å². The van der Waals surface area contributed by atoms with Crippen molar-refractivity contribution in [3.8, 4) is 0 Å². The van der Waals surface area contributed by atoms with Crippen molar-refractivity contribution in [2.45, 2.75) is 18.9 Å². The van der Waals surface area contributed by atoms with Gasteiger partial charge in [0, 0.05) is 16.5 Å². The summed E-state index contributed by atoms with van der Waals surface area (Å²) in [6, 6.07) is 5.81. The van der Waals surface area contributed by atoms with Crippen LogP contribution in [0.1, 0.15) is 12.8 Å². The molecule has 6 nitrogen and oxygen atoms in total. The van der Waals surface area contributed by atoms with E-state index < -0.39 is 0 Å². The molecule has 1 unspecified atom stereocenters. The van der Waals surface area contributed by atoms with E-state index >= 15 is 0 Å². The fourth-order valence-corrected chi connectivity index (χ4v) is 3.01. The van der Waals surface area contributed by atoms with E-state index in [2.05, 4.69) is 20.6 Å². The molecule has 0 amide bonds. The maximum Gasteiger partial charge on any atom is 0.152 e. The van der Waals surface area contributed by atoms with Crippen LogP contribution in [0, 0.1) is 0 Å². The topological polar surface area (TPSA) is 91.1 Å². The number of furan rings is 1. The van der Waals surface area contributed by atoms with Crippen molar-refractivity contribution in [3.63, 3.8) is 0 Å². The van der Waals surface area contributed by atoms with Crippen LogP contribution in [0.15, 0.2) is 22.6 Å². The average Bonchev–Trinajstić information content (AvgIpc) is 3.12. The summed E-state index contributed by atoms with van der Waals surface area (Å²) in [5.41, 5.74) is 7.74. The molecule has 0 saturated carbocycles. The lowest BCUT2D eigenvalue weighted by atomic mass is 10.2. The van der Waals surface area contributed by atoms with Crippen LogP contribution >= 0.6 is 11.6 Å². The summed E-state index contributed by atoms with van der Waals surface area (Å²) in [6.45, 7) is 1.70. The first-order valence-corrected chi connectivity index (χ1v) is 7.64. The number of nitrogens with one attached hydrogen (secondary N) is 1. The molecule has 7 heteroatoms. The quantitative estimate of drug-likeness (QED) is 0.773. The zero-order chi connectivity index (χ0) is 15.1. The highest BCUT2D eigenvalue weighted by Crippen LogP contribution is 2.36. The Labute approximate surface area is 132 Å². The van der Waals surface area contributed by atoms with Crippen LogP contribution in [0.2, 0.25) is 5.02 Å². The monoisotopic (exact) mass is 316 g/mol. The van der Waals surface area contributed by atoms with E-state index in [0.717, 1.165) is 18.4 Å². The summed E-state index contributed by atoms with van der Waals surface area (Å²) in [5.74, 6) is 0.692. The van der Waals surface area contributed by atoms with Crippen molar-refractivity contribution < 1.29 is 4.42 Å². The maximum atomic E-state index is 6.05. The second kappa shape index (κ2) is 5.30. The summed E-state index contributed by atoms with van der Waals surface area (Å²) >= 11 is 6.05. The van der Waals surface area contributed by atoms with Gasteiger partial charge in [0.1, 0.15) is 17.0 Å². The minimum absolute atomic E-state index is 0.188. The van der Waals surface area contributed by atoms with Gasteiger partial charge < -0.3 is 25.8 Å². The Hall–Kier alpha value is -2.05. The summed E-state index contributed by atoms with van der Waals surface area (Å²) in [6.07, 6.45) is 2.31. The van der Waals surface area contributed by atoms with Crippen molar-refractivity contribution in [1.29, 1.82) is 0 Å². The molecule has 1 atom stereocenters. The molecular weight excluding hydrogens is 302 g/mol. The Balaban J connectivity index is 1.78. The average molecular weight is 317 g/mol. The van der Waals surface area contributed by atoms with Gasteiger partial charge in [0.15, 0.2) is 5.58 Å². The highest BCUT2D eigenvalue weighted by atomic mass is 35.5. The molecule has 3 N–H and O–H groups in total. The van der Waals surface area contributed by atoms with Crippen molar-refractivity contribution in [2.24, 2.45) is 0 Å². The van der Waals surface area contributed by atoms with Crippen LogP contribution in [0.3, 0.4) is 0 Å². The summed E-state index contributed by atoms with van der Waals surface area (Å²) in [4.78, 5) is 8.51. The number of fused-ring (bicyclic) bond motifs is 3. The Bertz CT molecular complexity index is 841. The van der Waals surface area contributed by atoms with Gasteiger partial charge >= 0.3 is 0 Å². The Kier molecular flexibility index (Phi) is 3.28. The third kappa shape index (κ3) is 2.34. The number of benzene rings is 1. The first-order valence-electron chi connectivity index (χ1n) is 7.27. The highest BCUT2D eigenvalue weighted by Gasteiger charge is 2.14. The summed E-state index contributed by atoms with van der Waals surface area (Å²) < 4.78 is 5.86. The lowest BCUT2D eigenvalue weighted by molar-refractivity contribution is 0.639. The molecule has 0 radical (unpaired) electrons. The van der Waals surface area contributed by atoms with E-state index in [4.69, 9.17) is 21.8 Å². The normalized spacial score (nSPS) is 18.3. The second-order valence-electron chi connectivity index (χ2n) is 5.46. The van der Waals surface area contributed by atoms with Crippen LogP contribution < -0.4 is 11.1 Å². The van der Waals surface area contributed by atoms with Gasteiger partial charge in [-0.05, 0) is 49.9 Å². The van der Waals surface area contributed by atoms with E-state index in [1.54, 1.807) is 6.07 Å². The molecule has 3 heterocycles. The number of nitrogens with zero attached hydrogens (tertiary/aromatic N) is 3. The standard InChI is InChI=1S/C15H15ClN5O/c16-8-3-4-11-10(6-8)12-13(22-11)14(21-15(17)20-12)19-7-9-2-1-5-18-9/h3-4,6,9,18H,1-2,5,7H2,(H2-,17,19,20,21)/q-1. The summed E-state index contributed by atoms with van der Waals surface area (Å²) in [7, 11) is 0. The van der Waals surface area contributed by atoms with Crippen molar-refractivity contribution in [3.05, 3.63) is 28.5 Å². The van der Waals surface area contributed by atoms with Gasteiger partial charge in [0.2, 0.25) is 0 Å². The first kappa shape index (κ1) is 13.6. The van der Waals surface area contributed by atoms with Crippen LogP contribution in [-0.2, 0) is 0 Å². The molecule has 0 spiro atoms. The van der Waals surface area contributed by atoms with Gasteiger partial charge in [-0.15, -0.1) is 0 Å². The predicted molar refractivity (Wildman–Crippen MR) is 87.6 cm³/mol. The number of hydrogen-bond acceptors (Lipinski definition) is 5. The van der Waals surface area contributed by atoms with Gasteiger partial charge in [-0.2, -0.15) is 0 Å². The molecule has 0 aliphatic carbocycles. The van der Waals surface area contributed by atoms with Crippen LogP contribution in [0.25, 0.3) is 27.4 Å². The highest BCUT2D eigenvalue weighted by molar-refractivity contribution is 6.31. The van der Waals surface area contributed by atoms with Gasteiger partial charge in [-0.25, -0.2) is 4.98 Å². The van der Waals surface area contributed by atoms with Gasteiger partial charge in [0.05, 0.1) is 0 Å². The fourth-order valence-electron chi connectivity index (χ4n) is 2.83. The lowest BCUT2D eigenvalue weighted by Crippen LogP contribution is -2.24.